The van der Waals surface area contributed by atoms with Gasteiger partial charge in [0.1, 0.15) is 5.75 Å². The average Bonchev–Trinajstić information content (AvgIpc) is 2.76. The molecule has 0 unspecified atom stereocenters. The van der Waals surface area contributed by atoms with Crippen LogP contribution in [0.5, 0.6) is 5.75 Å². The van der Waals surface area contributed by atoms with Gasteiger partial charge in [-0.3, -0.25) is 0 Å². The number of aliphatic hydroxyl groups is 1. The number of benzene rings is 2. The van der Waals surface area contributed by atoms with Crippen LogP contribution in [0.15, 0.2) is 48.5 Å². The maximum atomic E-state index is 10.4. The summed E-state index contributed by atoms with van der Waals surface area (Å²) in [6, 6.07) is 16.1. The lowest BCUT2D eigenvalue weighted by Crippen LogP contribution is -2.04. The number of ether oxygens (including phenoxy) is 1. The molecule has 2 nitrogen and oxygen atoms in total. The number of rotatable bonds is 2. The van der Waals surface area contributed by atoms with Gasteiger partial charge in [-0.25, -0.2) is 0 Å². The summed E-state index contributed by atoms with van der Waals surface area (Å²) in [5.41, 5.74) is 3.42. The maximum absolute atomic E-state index is 10.4. The normalized spacial score (nSPS) is 21.7. The molecule has 0 fully saturated rings. The summed E-state index contributed by atoms with van der Waals surface area (Å²) in [7, 11) is 1.67. The van der Waals surface area contributed by atoms with Gasteiger partial charge < -0.3 is 9.84 Å². The highest BCUT2D eigenvalue weighted by Crippen LogP contribution is 2.43. The highest BCUT2D eigenvalue weighted by molar-refractivity contribution is 5.44. The summed E-state index contributed by atoms with van der Waals surface area (Å²) < 4.78 is 5.23. The molecule has 0 aromatic heterocycles. The van der Waals surface area contributed by atoms with Gasteiger partial charge in [0.15, 0.2) is 0 Å². The first-order valence-electron chi connectivity index (χ1n) is 6.19. The molecule has 0 saturated heterocycles. The van der Waals surface area contributed by atoms with E-state index in [1.807, 2.05) is 36.4 Å². The van der Waals surface area contributed by atoms with E-state index in [9.17, 15) is 5.11 Å². The molecule has 1 aliphatic rings. The van der Waals surface area contributed by atoms with Gasteiger partial charge in [0.05, 0.1) is 13.2 Å². The van der Waals surface area contributed by atoms with Gasteiger partial charge in [-0.1, -0.05) is 36.4 Å². The van der Waals surface area contributed by atoms with Crippen LogP contribution in [-0.4, -0.2) is 12.2 Å². The van der Waals surface area contributed by atoms with Crippen LogP contribution in [0.25, 0.3) is 0 Å². The number of methoxy groups -OCH3 is 1. The van der Waals surface area contributed by atoms with E-state index < -0.39 is 6.10 Å². The van der Waals surface area contributed by atoms with Crippen molar-refractivity contribution in [1.82, 2.24) is 0 Å². The van der Waals surface area contributed by atoms with Crippen LogP contribution in [0.2, 0.25) is 0 Å². The summed E-state index contributed by atoms with van der Waals surface area (Å²) in [5.74, 6) is 1.02. The third-order valence-corrected chi connectivity index (χ3v) is 3.72. The van der Waals surface area contributed by atoms with Gasteiger partial charge in [-0.15, -0.1) is 0 Å². The Labute approximate surface area is 107 Å². The van der Waals surface area contributed by atoms with Gasteiger partial charge in [0, 0.05) is 5.92 Å². The first-order chi connectivity index (χ1) is 8.79. The van der Waals surface area contributed by atoms with E-state index in [4.69, 9.17) is 4.74 Å². The minimum Gasteiger partial charge on any atom is -0.497 e. The fraction of sp³-hybridized carbons (Fsp3) is 0.250. The molecular weight excluding hydrogens is 224 g/mol. The standard InChI is InChI=1S/C16H16O2/c1-18-13-7-8-14-12(9-13)10-15(16(14)17)11-5-3-2-4-6-11/h2-9,15-17H,10H2,1H3/t15-,16+/m1/s1. The Morgan fingerprint density at radius 1 is 1.11 bits per heavy atom. The minimum absolute atomic E-state index is 0.160. The molecule has 92 valence electrons. The van der Waals surface area contributed by atoms with Crippen molar-refractivity contribution in [3.63, 3.8) is 0 Å². The SMILES string of the molecule is COc1ccc2c(c1)C[C@H](c1ccccc1)[C@H]2O. The third kappa shape index (κ3) is 1.79. The Hall–Kier alpha value is -1.80. The second-order valence-corrected chi connectivity index (χ2v) is 4.73. The second kappa shape index (κ2) is 4.46. The average molecular weight is 240 g/mol. The number of hydrogen-bond acceptors (Lipinski definition) is 2. The first kappa shape index (κ1) is 11.3. The lowest BCUT2D eigenvalue weighted by Gasteiger charge is -2.15. The van der Waals surface area contributed by atoms with Gasteiger partial charge in [-0.2, -0.15) is 0 Å². The molecule has 0 heterocycles. The quantitative estimate of drug-likeness (QED) is 0.874. The van der Waals surface area contributed by atoms with Crippen molar-refractivity contribution in [2.75, 3.05) is 7.11 Å². The summed E-state index contributed by atoms with van der Waals surface area (Å²) >= 11 is 0. The number of fused-ring (bicyclic) bond motifs is 1. The molecule has 2 atom stereocenters. The van der Waals surface area contributed by atoms with Crippen molar-refractivity contribution in [2.24, 2.45) is 0 Å². The van der Waals surface area contributed by atoms with E-state index in [1.165, 1.54) is 11.1 Å². The molecule has 0 amide bonds. The van der Waals surface area contributed by atoms with Crippen LogP contribution in [0.3, 0.4) is 0 Å². The van der Waals surface area contributed by atoms with E-state index >= 15 is 0 Å². The van der Waals surface area contributed by atoms with E-state index in [2.05, 4.69) is 12.1 Å². The molecule has 2 aromatic rings. The van der Waals surface area contributed by atoms with Crippen molar-refractivity contribution in [3.05, 3.63) is 65.2 Å². The van der Waals surface area contributed by atoms with Crippen LogP contribution in [0.1, 0.15) is 28.7 Å². The molecule has 1 N–H and O–H groups in total. The van der Waals surface area contributed by atoms with E-state index in [-0.39, 0.29) is 5.92 Å². The lowest BCUT2D eigenvalue weighted by atomic mass is 9.94. The molecule has 0 saturated carbocycles. The molecule has 2 heteroatoms. The topological polar surface area (TPSA) is 29.5 Å². The Bertz CT molecular complexity index is 548. The molecular formula is C16H16O2. The Kier molecular flexibility index (Phi) is 2.80. The van der Waals surface area contributed by atoms with E-state index in [0.29, 0.717) is 0 Å². The second-order valence-electron chi connectivity index (χ2n) is 4.73. The van der Waals surface area contributed by atoms with Gasteiger partial charge in [0.2, 0.25) is 0 Å². The van der Waals surface area contributed by atoms with Gasteiger partial charge >= 0.3 is 0 Å². The molecule has 1 aliphatic carbocycles. The van der Waals surface area contributed by atoms with Crippen molar-refractivity contribution < 1.29 is 9.84 Å². The molecule has 3 rings (SSSR count). The van der Waals surface area contributed by atoms with Crippen molar-refractivity contribution in [1.29, 1.82) is 0 Å². The predicted octanol–water partition coefficient (Wildman–Crippen LogP) is 3.07. The molecule has 0 spiro atoms. The van der Waals surface area contributed by atoms with Crippen molar-refractivity contribution in [3.8, 4) is 5.75 Å². The van der Waals surface area contributed by atoms with Crippen LogP contribution in [-0.2, 0) is 6.42 Å². The molecule has 0 aliphatic heterocycles. The van der Waals surface area contributed by atoms with Gasteiger partial charge in [-0.05, 0) is 35.2 Å². The largest absolute Gasteiger partial charge is 0.497 e. The zero-order valence-corrected chi connectivity index (χ0v) is 10.3. The Balaban J connectivity index is 1.96. The maximum Gasteiger partial charge on any atom is 0.119 e. The Morgan fingerprint density at radius 3 is 2.61 bits per heavy atom. The predicted molar refractivity (Wildman–Crippen MR) is 70.8 cm³/mol. The molecule has 2 aromatic carbocycles. The third-order valence-electron chi connectivity index (χ3n) is 3.72. The van der Waals surface area contributed by atoms with Crippen LogP contribution in [0.4, 0.5) is 0 Å². The fourth-order valence-electron chi connectivity index (χ4n) is 2.74. The summed E-state index contributed by atoms with van der Waals surface area (Å²) in [5, 5.41) is 10.4. The van der Waals surface area contributed by atoms with Crippen LogP contribution < -0.4 is 4.74 Å². The zero-order chi connectivity index (χ0) is 12.5. The minimum atomic E-state index is -0.409. The highest BCUT2D eigenvalue weighted by Gasteiger charge is 2.32. The highest BCUT2D eigenvalue weighted by atomic mass is 16.5. The van der Waals surface area contributed by atoms with Crippen molar-refractivity contribution >= 4 is 0 Å². The molecule has 18 heavy (non-hydrogen) atoms. The van der Waals surface area contributed by atoms with E-state index in [1.54, 1.807) is 7.11 Å². The lowest BCUT2D eigenvalue weighted by molar-refractivity contribution is 0.158. The van der Waals surface area contributed by atoms with Crippen molar-refractivity contribution in [2.45, 2.75) is 18.4 Å². The summed E-state index contributed by atoms with van der Waals surface area (Å²) in [4.78, 5) is 0. The summed E-state index contributed by atoms with van der Waals surface area (Å²) in [6.07, 6.45) is 0.464. The van der Waals surface area contributed by atoms with Gasteiger partial charge in [0.25, 0.3) is 0 Å². The monoisotopic (exact) mass is 240 g/mol. The van der Waals surface area contributed by atoms with Crippen LogP contribution in [0, 0.1) is 0 Å². The molecule has 0 radical (unpaired) electrons. The first-order valence-corrected chi connectivity index (χ1v) is 6.19. The molecule has 0 bridgehead atoms. The Morgan fingerprint density at radius 2 is 1.89 bits per heavy atom. The smallest absolute Gasteiger partial charge is 0.119 e. The number of hydrogen-bond donors (Lipinski definition) is 1. The van der Waals surface area contributed by atoms with E-state index in [0.717, 1.165) is 17.7 Å². The zero-order valence-electron chi connectivity index (χ0n) is 10.3. The van der Waals surface area contributed by atoms with Crippen LogP contribution >= 0.6 is 0 Å². The number of aliphatic hydroxyl groups excluding tert-OH is 1. The summed E-state index contributed by atoms with van der Waals surface area (Å²) in [6.45, 7) is 0. The fourth-order valence-corrected chi connectivity index (χ4v) is 2.74.